The highest BCUT2D eigenvalue weighted by Crippen LogP contribution is 2.23. The van der Waals surface area contributed by atoms with Crippen molar-refractivity contribution in [3.05, 3.63) is 35.5 Å². The SMILES string of the molecule is Cc1cccc2[nH]cc(C(=O)CCCC(=O)O)c12. The van der Waals surface area contributed by atoms with E-state index in [1.54, 1.807) is 6.20 Å². The number of hydrogen-bond donors (Lipinski definition) is 2. The summed E-state index contributed by atoms with van der Waals surface area (Å²) in [6, 6.07) is 5.83. The summed E-state index contributed by atoms with van der Waals surface area (Å²) >= 11 is 0. The smallest absolute Gasteiger partial charge is 0.303 e. The second-order valence-electron chi connectivity index (χ2n) is 4.37. The summed E-state index contributed by atoms with van der Waals surface area (Å²) in [5.41, 5.74) is 2.65. The number of carbonyl (C=O) groups excluding carboxylic acids is 1. The maximum atomic E-state index is 12.0. The number of aromatic amines is 1. The van der Waals surface area contributed by atoms with Crippen LogP contribution >= 0.6 is 0 Å². The summed E-state index contributed by atoms with van der Waals surface area (Å²) in [5.74, 6) is -0.866. The number of nitrogens with one attached hydrogen (secondary N) is 1. The van der Waals surface area contributed by atoms with Crippen molar-refractivity contribution in [2.24, 2.45) is 0 Å². The van der Waals surface area contributed by atoms with E-state index in [4.69, 9.17) is 5.11 Å². The van der Waals surface area contributed by atoms with E-state index in [0.717, 1.165) is 16.5 Å². The molecule has 0 spiro atoms. The predicted molar refractivity (Wildman–Crippen MR) is 68.9 cm³/mol. The lowest BCUT2D eigenvalue weighted by atomic mass is 10.0. The molecule has 0 aliphatic carbocycles. The molecule has 1 heterocycles. The van der Waals surface area contributed by atoms with Gasteiger partial charge in [-0.1, -0.05) is 12.1 Å². The van der Waals surface area contributed by atoms with Crippen LogP contribution in [0.5, 0.6) is 0 Å². The Balaban J connectivity index is 2.20. The van der Waals surface area contributed by atoms with Gasteiger partial charge in [-0.2, -0.15) is 0 Å². The molecular formula is C14H15NO3. The third kappa shape index (κ3) is 2.42. The van der Waals surface area contributed by atoms with Crippen LogP contribution in [-0.4, -0.2) is 21.8 Å². The third-order valence-corrected chi connectivity index (χ3v) is 3.01. The van der Waals surface area contributed by atoms with Crippen LogP contribution in [0.15, 0.2) is 24.4 Å². The number of carboxylic acid groups (broad SMARTS) is 1. The maximum Gasteiger partial charge on any atom is 0.303 e. The number of aliphatic carboxylic acids is 1. The third-order valence-electron chi connectivity index (χ3n) is 3.01. The number of fused-ring (bicyclic) bond motifs is 1. The first-order valence-corrected chi connectivity index (χ1v) is 5.91. The van der Waals surface area contributed by atoms with Crippen LogP contribution in [0.2, 0.25) is 0 Å². The molecule has 0 aliphatic heterocycles. The lowest BCUT2D eigenvalue weighted by Gasteiger charge is -2.01. The summed E-state index contributed by atoms with van der Waals surface area (Å²) < 4.78 is 0. The van der Waals surface area contributed by atoms with Gasteiger partial charge in [0.2, 0.25) is 0 Å². The Bertz CT molecular complexity index is 598. The van der Waals surface area contributed by atoms with Crippen molar-refractivity contribution in [3.63, 3.8) is 0 Å². The fourth-order valence-corrected chi connectivity index (χ4v) is 2.12. The lowest BCUT2D eigenvalue weighted by Crippen LogP contribution is -2.01. The molecule has 0 unspecified atom stereocenters. The number of carbonyl (C=O) groups is 2. The highest BCUT2D eigenvalue weighted by molar-refractivity contribution is 6.08. The zero-order valence-electron chi connectivity index (χ0n) is 10.2. The van der Waals surface area contributed by atoms with Crippen molar-refractivity contribution in [1.29, 1.82) is 0 Å². The normalized spacial score (nSPS) is 10.7. The van der Waals surface area contributed by atoms with Gasteiger partial charge in [0.1, 0.15) is 0 Å². The van der Waals surface area contributed by atoms with E-state index in [1.165, 1.54) is 0 Å². The summed E-state index contributed by atoms with van der Waals surface area (Å²) in [6.07, 6.45) is 2.40. The first-order chi connectivity index (χ1) is 8.59. The molecule has 94 valence electrons. The largest absolute Gasteiger partial charge is 0.481 e. The Kier molecular flexibility index (Phi) is 3.46. The lowest BCUT2D eigenvalue weighted by molar-refractivity contribution is -0.137. The molecule has 0 aliphatic rings. The molecule has 0 bridgehead atoms. The minimum absolute atomic E-state index is 0.00296. The van der Waals surface area contributed by atoms with Crippen LogP contribution in [0.4, 0.5) is 0 Å². The van der Waals surface area contributed by atoms with Crippen molar-refractivity contribution in [3.8, 4) is 0 Å². The fourth-order valence-electron chi connectivity index (χ4n) is 2.12. The molecule has 0 radical (unpaired) electrons. The number of carboxylic acids is 1. The monoisotopic (exact) mass is 245 g/mol. The molecule has 0 saturated heterocycles. The number of rotatable bonds is 5. The van der Waals surface area contributed by atoms with Crippen LogP contribution in [0.3, 0.4) is 0 Å². The molecule has 2 rings (SSSR count). The topological polar surface area (TPSA) is 70.2 Å². The number of aryl methyl sites for hydroxylation is 1. The average Bonchev–Trinajstić information content (AvgIpc) is 2.73. The second-order valence-corrected chi connectivity index (χ2v) is 4.37. The van der Waals surface area contributed by atoms with E-state index >= 15 is 0 Å². The van der Waals surface area contributed by atoms with E-state index in [-0.39, 0.29) is 18.6 Å². The van der Waals surface area contributed by atoms with Crippen LogP contribution < -0.4 is 0 Å². The van der Waals surface area contributed by atoms with Gasteiger partial charge in [0.05, 0.1) is 0 Å². The second kappa shape index (κ2) is 5.04. The van der Waals surface area contributed by atoms with Crippen LogP contribution in [0, 0.1) is 6.92 Å². The van der Waals surface area contributed by atoms with E-state index < -0.39 is 5.97 Å². The molecule has 4 nitrogen and oxygen atoms in total. The van der Waals surface area contributed by atoms with Crippen LogP contribution in [-0.2, 0) is 4.79 Å². The molecule has 0 fully saturated rings. The van der Waals surface area contributed by atoms with Gasteiger partial charge in [-0.25, -0.2) is 0 Å². The van der Waals surface area contributed by atoms with Gasteiger partial charge < -0.3 is 10.1 Å². The van der Waals surface area contributed by atoms with Gasteiger partial charge in [-0.15, -0.1) is 0 Å². The number of H-pyrrole nitrogens is 1. The number of aromatic nitrogens is 1. The van der Waals surface area contributed by atoms with Crippen molar-refractivity contribution >= 4 is 22.7 Å². The number of Topliss-reactive ketones (excluding diaryl/α,β-unsaturated/α-hetero) is 1. The van der Waals surface area contributed by atoms with Gasteiger partial charge in [-0.3, -0.25) is 9.59 Å². The number of hydrogen-bond acceptors (Lipinski definition) is 2. The summed E-state index contributed by atoms with van der Waals surface area (Å²) in [6.45, 7) is 1.96. The molecule has 0 atom stereocenters. The van der Waals surface area contributed by atoms with Crippen molar-refractivity contribution in [2.45, 2.75) is 26.2 Å². The Labute approximate surface area is 105 Å². The van der Waals surface area contributed by atoms with Crippen molar-refractivity contribution in [2.75, 3.05) is 0 Å². The average molecular weight is 245 g/mol. The Morgan fingerprint density at radius 3 is 2.78 bits per heavy atom. The minimum Gasteiger partial charge on any atom is -0.481 e. The first kappa shape index (κ1) is 12.4. The molecule has 1 aromatic carbocycles. The zero-order valence-corrected chi connectivity index (χ0v) is 10.2. The standard InChI is InChI=1S/C14H15NO3/c1-9-4-2-5-11-14(9)10(8-15-11)12(16)6-3-7-13(17)18/h2,4-5,8,15H,3,6-7H2,1H3,(H,17,18). The molecule has 1 aromatic heterocycles. The maximum absolute atomic E-state index is 12.0. The van der Waals surface area contributed by atoms with Crippen molar-refractivity contribution in [1.82, 2.24) is 4.98 Å². The molecule has 0 amide bonds. The molecule has 0 saturated carbocycles. The van der Waals surface area contributed by atoms with E-state index in [0.29, 0.717) is 12.0 Å². The summed E-state index contributed by atoms with van der Waals surface area (Å²) in [7, 11) is 0. The zero-order chi connectivity index (χ0) is 13.1. The van der Waals surface area contributed by atoms with E-state index in [1.807, 2.05) is 25.1 Å². The number of benzene rings is 1. The number of ketones is 1. The molecule has 18 heavy (non-hydrogen) atoms. The van der Waals surface area contributed by atoms with Gasteiger partial charge in [0, 0.05) is 35.5 Å². The highest BCUT2D eigenvalue weighted by atomic mass is 16.4. The molecule has 2 N–H and O–H groups in total. The first-order valence-electron chi connectivity index (χ1n) is 5.91. The van der Waals surface area contributed by atoms with Crippen LogP contribution in [0.1, 0.15) is 35.2 Å². The highest BCUT2D eigenvalue weighted by Gasteiger charge is 2.13. The Morgan fingerprint density at radius 1 is 1.28 bits per heavy atom. The fraction of sp³-hybridized carbons (Fsp3) is 0.286. The minimum atomic E-state index is -0.863. The van der Waals surface area contributed by atoms with Gasteiger partial charge in [0.25, 0.3) is 0 Å². The van der Waals surface area contributed by atoms with E-state index in [9.17, 15) is 9.59 Å². The molecule has 2 aromatic rings. The predicted octanol–water partition coefficient (Wildman–Crippen LogP) is 2.91. The quantitative estimate of drug-likeness (QED) is 0.796. The Hall–Kier alpha value is -2.10. The Morgan fingerprint density at radius 2 is 2.06 bits per heavy atom. The van der Waals surface area contributed by atoms with Gasteiger partial charge in [-0.05, 0) is 25.0 Å². The summed E-state index contributed by atoms with van der Waals surface area (Å²) in [4.78, 5) is 25.5. The summed E-state index contributed by atoms with van der Waals surface area (Å²) in [5, 5.41) is 9.50. The van der Waals surface area contributed by atoms with E-state index in [2.05, 4.69) is 4.98 Å². The van der Waals surface area contributed by atoms with Gasteiger partial charge >= 0.3 is 5.97 Å². The molecular weight excluding hydrogens is 230 g/mol. The van der Waals surface area contributed by atoms with Gasteiger partial charge in [0.15, 0.2) is 5.78 Å². The molecule has 4 heteroatoms. The van der Waals surface area contributed by atoms with Crippen molar-refractivity contribution < 1.29 is 14.7 Å². The van der Waals surface area contributed by atoms with Crippen LogP contribution in [0.25, 0.3) is 10.9 Å².